The SMILES string of the molecule is CCN(CC)C(=O)c1ccc(CN(C)S(=O)(=O)c2ccc(Cl)cc2)cc1. The molecule has 0 atom stereocenters. The number of nitrogens with zero attached hydrogens (tertiary/aromatic N) is 2. The second kappa shape index (κ2) is 8.66. The lowest BCUT2D eigenvalue weighted by Gasteiger charge is -2.19. The number of amides is 1. The van der Waals surface area contributed by atoms with Gasteiger partial charge in [-0.25, -0.2) is 8.42 Å². The lowest BCUT2D eigenvalue weighted by Crippen LogP contribution is -2.30. The smallest absolute Gasteiger partial charge is 0.253 e. The zero-order chi connectivity index (χ0) is 19.3. The quantitative estimate of drug-likeness (QED) is 0.720. The Balaban J connectivity index is 2.13. The molecule has 1 amide bonds. The van der Waals surface area contributed by atoms with E-state index >= 15 is 0 Å². The molecule has 0 saturated carbocycles. The zero-order valence-electron chi connectivity index (χ0n) is 15.1. The summed E-state index contributed by atoms with van der Waals surface area (Å²) in [5, 5.41) is 0.486. The summed E-state index contributed by atoms with van der Waals surface area (Å²) in [7, 11) is -2.08. The molecule has 0 unspecified atom stereocenters. The highest BCUT2D eigenvalue weighted by Gasteiger charge is 2.21. The van der Waals surface area contributed by atoms with Gasteiger partial charge in [0, 0.05) is 37.3 Å². The van der Waals surface area contributed by atoms with Crippen molar-refractivity contribution in [2.24, 2.45) is 0 Å². The summed E-state index contributed by atoms with van der Waals surface area (Å²) in [6.45, 7) is 5.39. The maximum atomic E-state index is 12.6. The summed E-state index contributed by atoms with van der Waals surface area (Å²) < 4.78 is 26.5. The standard InChI is InChI=1S/C19H23ClN2O3S/c1-4-22(5-2)19(23)16-8-6-15(7-9-16)14-21(3)26(24,25)18-12-10-17(20)11-13-18/h6-13H,4-5,14H2,1-3H3. The summed E-state index contributed by atoms with van der Waals surface area (Å²) in [5.41, 5.74) is 1.40. The number of hydrogen-bond acceptors (Lipinski definition) is 3. The van der Waals surface area contributed by atoms with Gasteiger partial charge in [0.15, 0.2) is 0 Å². The second-order valence-corrected chi connectivity index (χ2v) is 8.37. The van der Waals surface area contributed by atoms with E-state index < -0.39 is 10.0 Å². The van der Waals surface area contributed by atoms with Crippen molar-refractivity contribution >= 4 is 27.5 Å². The average molecular weight is 395 g/mol. The Labute approximate surface area is 160 Å². The van der Waals surface area contributed by atoms with Crippen LogP contribution in [0.1, 0.15) is 29.8 Å². The van der Waals surface area contributed by atoms with Crippen LogP contribution in [0, 0.1) is 0 Å². The van der Waals surface area contributed by atoms with Gasteiger partial charge in [-0.15, -0.1) is 0 Å². The van der Waals surface area contributed by atoms with Gasteiger partial charge in [-0.05, 0) is 55.8 Å². The largest absolute Gasteiger partial charge is 0.339 e. The Morgan fingerprint density at radius 1 is 0.962 bits per heavy atom. The number of benzene rings is 2. The summed E-state index contributed by atoms with van der Waals surface area (Å²) >= 11 is 5.82. The summed E-state index contributed by atoms with van der Waals surface area (Å²) in [5.74, 6) is -0.0244. The lowest BCUT2D eigenvalue weighted by molar-refractivity contribution is 0.0773. The molecule has 0 aromatic heterocycles. The van der Waals surface area contributed by atoms with Crippen LogP contribution in [0.5, 0.6) is 0 Å². The molecule has 0 saturated heterocycles. The Hall–Kier alpha value is -1.89. The first-order chi connectivity index (χ1) is 12.3. The van der Waals surface area contributed by atoms with Crippen molar-refractivity contribution in [1.82, 2.24) is 9.21 Å². The van der Waals surface area contributed by atoms with Crippen molar-refractivity contribution < 1.29 is 13.2 Å². The van der Waals surface area contributed by atoms with Gasteiger partial charge >= 0.3 is 0 Å². The van der Waals surface area contributed by atoms with Gasteiger partial charge in [0.1, 0.15) is 0 Å². The van der Waals surface area contributed by atoms with Crippen LogP contribution in [0.15, 0.2) is 53.4 Å². The molecular weight excluding hydrogens is 372 g/mol. The molecule has 2 rings (SSSR count). The molecule has 0 aliphatic heterocycles. The lowest BCUT2D eigenvalue weighted by atomic mass is 10.1. The van der Waals surface area contributed by atoms with Crippen molar-refractivity contribution in [2.75, 3.05) is 20.1 Å². The van der Waals surface area contributed by atoms with Gasteiger partial charge < -0.3 is 4.90 Å². The first-order valence-electron chi connectivity index (χ1n) is 8.39. The molecule has 0 bridgehead atoms. The number of carbonyl (C=O) groups excluding carboxylic acids is 1. The molecule has 0 fully saturated rings. The van der Waals surface area contributed by atoms with E-state index in [9.17, 15) is 13.2 Å². The highest BCUT2D eigenvalue weighted by molar-refractivity contribution is 7.89. The normalized spacial score (nSPS) is 11.6. The number of sulfonamides is 1. The highest BCUT2D eigenvalue weighted by Crippen LogP contribution is 2.19. The van der Waals surface area contributed by atoms with Crippen LogP contribution in [0.3, 0.4) is 0 Å². The summed E-state index contributed by atoms with van der Waals surface area (Å²) in [4.78, 5) is 14.3. The fourth-order valence-electron chi connectivity index (χ4n) is 2.57. The maximum absolute atomic E-state index is 12.6. The third-order valence-electron chi connectivity index (χ3n) is 4.18. The van der Waals surface area contributed by atoms with Crippen molar-refractivity contribution in [3.63, 3.8) is 0 Å². The van der Waals surface area contributed by atoms with E-state index in [0.29, 0.717) is 23.7 Å². The van der Waals surface area contributed by atoms with Crippen molar-refractivity contribution in [3.8, 4) is 0 Å². The highest BCUT2D eigenvalue weighted by atomic mass is 35.5. The fourth-order valence-corrected chi connectivity index (χ4v) is 3.86. The van der Waals surface area contributed by atoms with Gasteiger partial charge in [-0.2, -0.15) is 4.31 Å². The molecule has 0 N–H and O–H groups in total. The van der Waals surface area contributed by atoms with E-state index in [2.05, 4.69) is 0 Å². The Morgan fingerprint density at radius 3 is 2.00 bits per heavy atom. The van der Waals surface area contributed by atoms with Gasteiger partial charge in [0.25, 0.3) is 5.91 Å². The molecule has 140 valence electrons. The molecule has 0 aliphatic rings. The number of hydrogen-bond donors (Lipinski definition) is 0. The minimum Gasteiger partial charge on any atom is -0.339 e. The van der Waals surface area contributed by atoms with E-state index in [1.165, 1.54) is 23.5 Å². The van der Waals surface area contributed by atoms with Crippen LogP contribution >= 0.6 is 11.6 Å². The van der Waals surface area contributed by atoms with E-state index in [4.69, 9.17) is 11.6 Å². The van der Waals surface area contributed by atoms with Gasteiger partial charge in [0.2, 0.25) is 10.0 Å². The summed E-state index contributed by atoms with van der Waals surface area (Å²) in [6, 6.07) is 13.1. The minimum atomic E-state index is -3.60. The monoisotopic (exact) mass is 394 g/mol. The van der Waals surface area contributed by atoms with Crippen LogP contribution in [0.2, 0.25) is 5.02 Å². The Kier molecular flexibility index (Phi) is 6.81. The van der Waals surface area contributed by atoms with Gasteiger partial charge in [-0.1, -0.05) is 23.7 Å². The molecule has 2 aromatic rings. The molecule has 0 heterocycles. The van der Waals surface area contributed by atoms with Crippen LogP contribution in [0.25, 0.3) is 0 Å². The van der Waals surface area contributed by atoms with E-state index in [-0.39, 0.29) is 17.3 Å². The molecule has 5 nitrogen and oxygen atoms in total. The molecule has 0 aliphatic carbocycles. The topological polar surface area (TPSA) is 57.7 Å². The van der Waals surface area contributed by atoms with Crippen molar-refractivity contribution in [3.05, 3.63) is 64.7 Å². The molecule has 7 heteroatoms. The van der Waals surface area contributed by atoms with Crippen molar-refractivity contribution in [1.29, 1.82) is 0 Å². The first kappa shape index (κ1) is 20.4. The molecule has 26 heavy (non-hydrogen) atoms. The maximum Gasteiger partial charge on any atom is 0.253 e. The predicted octanol–water partition coefficient (Wildman–Crippen LogP) is 3.64. The van der Waals surface area contributed by atoms with Crippen molar-refractivity contribution in [2.45, 2.75) is 25.3 Å². The molecule has 2 aromatic carbocycles. The van der Waals surface area contributed by atoms with Crippen LogP contribution in [0.4, 0.5) is 0 Å². The number of halogens is 1. The minimum absolute atomic E-state index is 0.0244. The second-order valence-electron chi connectivity index (χ2n) is 5.89. The van der Waals surface area contributed by atoms with Crippen LogP contribution < -0.4 is 0 Å². The molecule has 0 radical (unpaired) electrons. The predicted molar refractivity (Wildman–Crippen MR) is 104 cm³/mol. The molecular formula is C19H23ClN2O3S. The Bertz CT molecular complexity index is 845. The average Bonchev–Trinajstić information content (AvgIpc) is 2.63. The van der Waals surface area contributed by atoms with Crippen LogP contribution in [-0.2, 0) is 16.6 Å². The Morgan fingerprint density at radius 2 is 1.50 bits per heavy atom. The van der Waals surface area contributed by atoms with E-state index in [1.807, 2.05) is 13.8 Å². The fraction of sp³-hybridized carbons (Fsp3) is 0.316. The zero-order valence-corrected chi connectivity index (χ0v) is 16.7. The summed E-state index contributed by atoms with van der Waals surface area (Å²) in [6.07, 6.45) is 0. The first-order valence-corrected chi connectivity index (χ1v) is 10.2. The van der Waals surface area contributed by atoms with E-state index in [0.717, 1.165) is 5.56 Å². The van der Waals surface area contributed by atoms with Crippen LogP contribution in [-0.4, -0.2) is 43.7 Å². The molecule has 0 spiro atoms. The van der Waals surface area contributed by atoms with Gasteiger partial charge in [0.05, 0.1) is 4.90 Å². The number of carbonyl (C=O) groups is 1. The van der Waals surface area contributed by atoms with E-state index in [1.54, 1.807) is 41.3 Å². The van der Waals surface area contributed by atoms with Gasteiger partial charge in [-0.3, -0.25) is 4.79 Å². The number of rotatable bonds is 7. The third-order valence-corrected chi connectivity index (χ3v) is 6.25. The third kappa shape index (κ3) is 4.63.